The normalized spacial score (nSPS) is 9.64. The summed E-state index contributed by atoms with van der Waals surface area (Å²) in [5.41, 5.74) is 2.33. The molecular formula is C8H8S3. The molecule has 0 saturated carbocycles. The molecule has 11 heavy (non-hydrogen) atoms. The Hall–Kier alpha value is 0.01000. The van der Waals surface area contributed by atoms with E-state index in [4.69, 9.17) is 12.2 Å². The Bertz CT molecular complexity index is 251. The average molecular weight is 200 g/mol. The van der Waals surface area contributed by atoms with Crippen LogP contribution >= 0.6 is 34.7 Å². The molecule has 0 spiro atoms. The first kappa shape index (κ1) is 9.10. The van der Waals surface area contributed by atoms with Gasteiger partial charge in [0.2, 0.25) is 0 Å². The second kappa shape index (κ2) is 4.14. The number of rotatable bonds is 1. The summed E-state index contributed by atoms with van der Waals surface area (Å²) in [4.78, 5) is 0. The van der Waals surface area contributed by atoms with Crippen molar-refractivity contribution in [1.29, 1.82) is 0 Å². The van der Waals surface area contributed by atoms with Crippen LogP contribution in [-0.2, 0) is 0 Å². The van der Waals surface area contributed by atoms with Crippen molar-refractivity contribution in [3.63, 3.8) is 0 Å². The maximum Gasteiger partial charge on any atom is 0.0882 e. The van der Waals surface area contributed by atoms with E-state index >= 15 is 0 Å². The molecule has 58 valence electrons. The van der Waals surface area contributed by atoms with Crippen molar-refractivity contribution in [3.8, 4) is 0 Å². The molecule has 0 aliphatic rings. The van der Waals surface area contributed by atoms with E-state index < -0.39 is 0 Å². The predicted octanol–water partition coefficient (Wildman–Crippen LogP) is 3.25. The summed E-state index contributed by atoms with van der Waals surface area (Å²) < 4.78 is 0.827. The van der Waals surface area contributed by atoms with Crippen LogP contribution in [-0.4, -0.2) is 4.20 Å². The molecule has 0 fully saturated rings. The molecule has 0 atom stereocenters. The van der Waals surface area contributed by atoms with Gasteiger partial charge in [-0.3, -0.25) is 0 Å². The van der Waals surface area contributed by atoms with Gasteiger partial charge in [0.15, 0.2) is 0 Å². The third kappa shape index (κ3) is 2.51. The van der Waals surface area contributed by atoms with Gasteiger partial charge in [0, 0.05) is 0 Å². The van der Waals surface area contributed by atoms with E-state index in [1.54, 1.807) is 0 Å². The van der Waals surface area contributed by atoms with Gasteiger partial charge in [-0.25, -0.2) is 0 Å². The topological polar surface area (TPSA) is 0 Å². The van der Waals surface area contributed by atoms with E-state index in [2.05, 4.69) is 18.6 Å². The molecule has 0 nitrogen and oxygen atoms in total. The summed E-state index contributed by atoms with van der Waals surface area (Å²) >= 11 is 9.08. The van der Waals surface area contributed by atoms with Gasteiger partial charge in [0.1, 0.15) is 0 Å². The lowest BCUT2D eigenvalue weighted by Crippen LogP contribution is -1.87. The van der Waals surface area contributed by atoms with Crippen molar-refractivity contribution in [3.05, 3.63) is 35.4 Å². The highest BCUT2D eigenvalue weighted by Gasteiger charge is 1.97. The zero-order valence-electron chi connectivity index (χ0n) is 6.07. The van der Waals surface area contributed by atoms with E-state index in [0.29, 0.717) is 0 Å². The Labute approximate surface area is 81.2 Å². The summed E-state index contributed by atoms with van der Waals surface area (Å²) in [5, 5.41) is 0. The molecular weight excluding hydrogens is 192 g/mol. The molecule has 0 aliphatic carbocycles. The zero-order chi connectivity index (χ0) is 8.27. The lowest BCUT2D eigenvalue weighted by molar-refractivity contribution is 1.47. The summed E-state index contributed by atoms with van der Waals surface area (Å²) in [6.07, 6.45) is 0. The van der Waals surface area contributed by atoms with Crippen LogP contribution in [0.3, 0.4) is 0 Å². The quantitative estimate of drug-likeness (QED) is 0.420. The van der Waals surface area contributed by atoms with Gasteiger partial charge in [0.05, 0.1) is 4.20 Å². The van der Waals surface area contributed by atoms with E-state index in [9.17, 15) is 0 Å². The minimum absolute atomic E-state index is 0.827. The average Bonchev–Trinajstić information content (AvgIpc) is 2.05. The summed E-state index contributed by atoms with van der Waals surface area (Å²) in [6, 6.07) is 8.12. The molecule has 0 unspecified atom stereocenters. The number of benzene rings is 1. The SMILES string of the molecule is Cc1ccc(C(=S)SS)cc1. The summed E-state index contributed by atoms with van der Waals surface area (Å²) in [6.45, 7) is 2.06. The highest BCUT2D eigenvalue weighted by Crippen LogP contribution is 2.16. The fraction of sp³-hybridized carbons (Fsp3) is 0.125. The second-order valence-corrected chi connectivity index (χ2v) is 4.05. The standard InChI is InChI=1S/C8H8S3/c1-6-2-4-7(5-3-6)8(9)11-10/h2-5,10H,1H3. The molecule has 0 aliphatic heterocycles. The Balaban J connectivity index is 2.90. The molecule has 1 aromatic rings. The molecule has 1 rings (SSSR count). The van der Waals surface area contributed by atoms with E-state index in [0.717, 1.165) is 9.76 Å². The molecule has 0 amide bonds. The Morgan fingerprint density at radius 1 is 1.36 bits per heavy atom. The maximum absolute atomic E-state index is 5.05. The van der Waals surface area contributed by atoms with Crippen molar-refractivity contribution in [2.75, 3.05) is 0 Å². The van der Waals surface area contributed by atoms with E-state index in [1.165, 1.54) is 16.4 Å². The first-order chi connectivity index (χ1) is 5.24. The number of thiocarbonyl (C=S) groups is 1. The van der Waals surface area contributed by atoms with Crippen LogP contribution in [0.25, 0.3) is 0 Å². The van der Waals surface area contributed by atoms with Crippen molar-refractivity contribution < 1.29 is 0 Å². The third-order valence-corrected chi connectivity index (χ3v) is 3.18. The largest absolute Gasteiger partial charge is 0.105 e. The van der Waals surface area contributed by atoms with E-state index in [-0.39, 0.29) is 0 Å². The van der Waals surface area contributed by atoms with Gasteiger partial charge in [-0.05, 0) is 23.3 Å². The monoisotopic (exact) mass is 200 g/mol. The van der Waals surface area contributed by atoms with Crippen LogP contribution < -0.4 is 0 Å². The predicted molar refractivity (Wildman–Crippen MR) is 59.5 cm³/mol. The lowest BCUT2D eigenvalue weighted by atomic mass is 10.2. The molecule has 0 aromatic heterocycles. The van der Waals surface area contributed by atoms with Gasteiger partial charge >= 0.3 is 0 Å². The van der Waals surface area contributed by atoms with Crippen LogP contribution in [0.5, 0.6) is 0 Å². The maximum atomic E-state index is 5.05. The van der Waals surface area contributed by atoms with Gasteiger partial charge in [-0.2, -0.15) is 0 Å². The van der Waals surface area contributed by atoms with Crippen molar-refractivity contribution in [2.24, 2.45) is 0 Å². The first-order valence-electron chi connectivity index (χ1n) is 3.16. The number of aryl methyl sites for hydroxylation is 1. The molecule has 1 aromatic carbocycles. The third-order valence-electron chi connectivity index (χ3n) is 1.37. The number of hydrogen-bond acceptors (Lipinski definition) is 3. The fourth-order valence-corrected chi connectivity index (χ4v) is 1.44. The second-order valence-electron chi connectivity index (χ2n) is 2.24. The van der Waals surface area contributed by atoms with Crippen LogP contribution in [0.15, 0.2) is 24.3 Å². The van der Waals surface area contributed by atoms with Crippen molar-refractivity contribution in [2.45, 2.75) is 6.92 Å². The van der Waals surface area contributed by atoms with Gasteiger partial charge in [-0.15, -0.1) is 11.7 Å². The Morgan fingerprint density at radius 2 is 1.91 bits per heavy atom. The number of hydrogen-bond donors (Lipinski definition) is 1. The smallest absolute Gasteiger partial charge is 0.0882 e. The van der Waals surface area contributed by atoms with Crippen LogP contribution in [0.2, 0.25) is 0 Å². The molecule has 3 heteroatoms. The highest BCUT2D eigenvalue weighted by atomic mass is 33.1. The number of thiol groups is 1. The fourth-order valence-electron chi connectivity index (χ4n) is 0.742. The van der Waals surface area contributed by atoms with Crippen molar-refractivity contribution >= 4 is 38.9 Å². The molecule has 0 radical (unpaired) electrons. The van der Waals surface area contributed by atoms with Crippen molar-refractivity contribution in [1.82, 2.24) is 0 Å². The molecule has 0 N–H and O–H groups in total. The highest BCUT2D eigenvalue weighted by molar-refractivity contribution is 8.76. The summed E-state index contributed by atoms with van der Waals surface area (Å²) in [5.74, 6) is 0. The van der Waals surface area contributed by atoms with Gasteiger partial charge in [0.25, 0.3) is 0 Å². The Kier molecular flexibility index (Phi) is 3.43. The van der Waals surface area contributed by atoms with Crippen LogP contribution in [0.4, 0.5) is 0 Å². The molecule has 0 heterocycles. The minimum atomic E-state index is 0.827. The van der Waals surface area contributed by atoms with Crippen LogP contribution in [0.1, 0.15) is 11.1 Å². The van der Waals surface area contributed by atoms with Crippen LogP contribution in [0, 0.1) is 6.92 Å². The summed E-state index contributed by atoms with van der Waals surface area (Å²) in [7, 11) is 1.31. The Morgan fingerprint density at radius 3 is 2.36 bits per heavy atom. The first-order valence-corrected chi connectivity index (χ1v) is 5.44. The lowest BCUT2D eigenvalue weighted by Gasteiger charge is -1.98. The minimum Gasteiger partial charge on any atom is -0.105 e. The zero-order valence-corrected chi connectivity index (χ0v) is 8.60. The molecule has 0 bridgehead atoms. The molecule has 0 saturated heterocycles. The van der Waals surface area contributed by atoms with Gasteiger partial charge < -0.3 is 0 Å². The van der Waals surface area contributed by atoms with Gasteiger partial charge in [-0.1, -0.05) is 42.0 Å². The van der Waals surface area contributed by atoms with E-state index in [1.807, 2.05) is 24.3 Å².